The molecule has 0 atom stereocenters. The Kier molecular flexibility index (Phi) is 4.07. The molecule has 3 nitrogen and oxygen atoms in total. The van der Waals surface area contributed by atoms with Crippen LogP contribution in [-0.2, 0) is 15.5 Å². The average molecular weight is 280 g/mol. The van der Waals surface area contributed by atoms with Gasteiger partial charge in [-0.05, 0) is 18.1 Å². The van der Waals surface area contributed by atoms with Crippen molar-refractivity contribution in [1.29, 1.82) is 5.26 Å². The molecular formula is C10H8ClF2NO2S. The van der Waals surface area contributed by atoms with E-state index in [1.54, 1.807) is 13.0 Å². The number of halogens is 3. The van der Waals surface area contributed by atoms with Crippen LogP contribution in [0.5, 0.6) is 0 Å². The predicted octanol–water partition coefficient (Wildman–Crippen LogP) is 2.99. The lowest BCUT2D eigenvalue weighted by molar-refractivity contribution is 0.150. The van der Waals surface area contributed by atoms with Crippen LogP contribution in [-0.4, -0.2) is 8.42 Å². The van der Waals surface area contributed by atoms with Crippen molar-refractivity contribution in [2.45, 2.75) is 24.7 Å². The Hall–Kier alpha value is -1.19. The molecule has 0 unspecified atom stereocenters. The van der Waals surface area contributed by atoms with Crippen molar-refractivity contribution in [2.24, 2.45) is 0 Å². The number of benzene rings is 1. The van der Waals surface area contributed by atoms with Crippen LogP contribution in [0, 0.1) is 11.3 Å². The molecule has 7 heteroatoms. The minimum atomic E-state index is -4.12. The summed E-state index contributed by atoms with van der Waals surface area (Å²) >= 11 is 0. The molecule has 0 spiro atoms. The van der Waals surface area contributed by atoms with Crippen molar-refractivity contribution in [3.8, 4) is 6.07 Å². The van der Waals surface area contributed by atoms with Gasteiger partial charge in [-0.15, -0.1) is 0 Å². The third-order valence-electron chi connectivity index (χ3n) is 2.27. The first-order valence-corrected chi connectivity index (χ1v) is 6.92. The smallest absolute Gasteiger partial charge is 0.207 e. The van der Waals surface area contributed by atoms with Gasteiger partial charge >= 0.3 is 0 Å². The van der Waals surface area contributed by atoms with Crippen molar-refractivity contribution >= 4 is 19.7 Å². The van der Waals surface area contributed by atoms with Gasteiger partial charge in [0, 0.05) is 16.2 Å². The molecular weight excluding hydrogens is 272 g/mol. The van der Waals surface area contributed by atoms with Crippen LogP contribution in [0.1, 0.15) is 30.0 Å². The van der Waals surface area contributed by atoms with Gasteiger partial charge in [0.05, 0.1) is 5.56 Å². The fraction of sp³-hybridized carbons (Fsp3) is 0.300. The van der Waals surface area contributed by atoms with Crippen LogP contribution in [0.4, 0.5) is 8.78 Å². The number of hydrogen-bond donors (Lipinski definition) is 0. The highest BCUT2D eigenvalue weighted by atomic mass is 35.7. The minimum absolute atomic E-state index is 0.0178. The van der Waals surface area contributed by atoms with Gasteiger partial charge < -0.3 is 0 Å². The molecule has 0 fully saturated rings. The van der Waals surface area contributed by atoms with E-state index < -0.39 is 20.4 Å². The van der Waals surface area contributed by atoms with Gasteiger partial charge in [0.2, 0.25) is 0 Å². The Bertz CT molecular complexity index is 579. The van der Waals surface area contributed by atoms with Crippen LogP contribution in [0.3, 0.4) is 0 Å². The summed E-state index contributed by atoms with van der Waals surface area (Å²) in [5.74, 6) is 0. The van der Waals surface area contributed by atoms with E-state index in [1.165, 1.54) is 0 Å². The molecule has 0 amide bonds. The monoisotopic (exact) mass is 279 g/mol. The van der Waals surface area contributed by atoms with Crippen LogP contribution in [0.2, 0.25) is 0 Å². The highest BCUT2D eigenvalue weighted by molar-refractivity contribution is 8.13. The van der Waals surface area contributed by atoms with Crippen molar-refractivity contribution in [3.05, 3.63) is 28.8 Å². The summed E-state index contributed by atoms with van der Waals surface area (Å²) in [4.78, 5) is -0.428. The second kappa shape index (κ2) is 4.98. The zero-order valence-electron chi connectivity index (χ0n) is 8.75. The molecule has 92 valence electrons. The van der Waals surface area contributed by atoms with Gasteiger partial charge in [0.25, 0.3) is 15.5 Å². The van der Waals surface area contributed by atoms with E-state index in [9.17, 15) is 17.2 Å². The maximum atomic E-state index is 12.7. The molecule has 0 heterocycles. The van der Waals surface area contributed by atoms with Gasteiger partial charge in [0.1, 0.15) is 11.0 Å². The van der Waals surface area contributed by atoms with Gasteiger partial charge in [-0.1, -0.05) is 13.0 Å². The first-order valence-electron chi connectivity index (χ1n) is 4.61. The molecule has 17 heavy (non-hydrogen) atoms. The normalized spacial score (nSPS) is 11.5. The van der Waals surface area contributed by atoms with Gasteiger partial charge in [0.15, 0.2) is 0 Å². The third kappa shape index (κ3) is 2.73. The second-order valence-corrected chi connectivity index (χ2v) is 5.74. The molecule has 0 radical (unpaired) electrons. The van der Waals surface area contributed by atoms with Gasteiger partial charge in [-0.3, -0.25) is 0 Å². The SMILES string of the molecule is CCc1c(C(F)F)ccc(S(=O)(=O)Cl)c1C#N. The summed E-state index contributed by atoms with van der Waals surface area (Å²) in [6, 6.07) is 3.54. The standard InChI is InChI=1S/C10H8ClF2NO2S/c1-2-6-7(10(12)13)3-4-9(8(6)5-14)17(11,15)16/h3-4,10H,2H2,1H3. The number of nitrogens with zero attached hydrogens (tertiary/aromatic N) is 1. The van der Waals surface area contributed by atoms with Crippen molar-refractivity contribution in [3.63, 3.8) is 0 Å². The first kappa shape index (κ1) is 13.9. The van der Waals surface area contributed by atoms with E-state index in [2.05, 4.69) is 0 Å². The third-order valence-corrected chi connectivity index (χ3v) is 3.64. The largest absolute Gasteiger partial charge is 0.264 e. The quantitative estimate of drug-likeness (QED) is 0.799. The Labute approximate surface area is 102 Å². The van der Waals surface area contributed by atoms with Crippen LogP contribution < -0.4 is 0 Å². The summed E-state index contributed by atoms with van der Waals surface area (Å²) < 4.78 is 47.7. The molecule has 1 aromatic carbocycles. The maximum absolute atomic E-state index is 12.7. The van der Waals surface area contributed by atoms with Gasteiger partial charge in [-0.25, -0.2) is 17.2 Å². The topological polar surface area (TPSA) is 57.9 Å². The minimum Gasteiger partial charge on any atom is -0.207 e. The van der Waals surface area contributed by atoms with Crippen molar-refractivity contribution in [1.82, 2.24) is 0 Å². The zero-order chi connectivity index (χ0) is 13.2. The fourth-order valence-corrected chi connectivity index (χ4v) is 2.58. The van der Waals surface area contributed by atoms with Gasteiger partial charge in [-0.2, -0.15) is 5.26 Å². The first-order chi connectivity index (χ1) is 7.82. The highest BCUT2D eigenvalue weighted by Gasteiger charge is 2.23. The van der Waals surface area contributed by atoms with Crippen molar-refractivity contribution in [2.75, 3.05) is 0 Å². The molecule has 0 aliphatic carbocycles. The Morgan fingerprint density at radius 1 is 1.47 bits per heavy atom. The fourth-order valence-electron chi connectivity index (χ4n) is 1.55. The molecule has 0 saturated heterocycles. The molecule has 0 bridgehead atoms. The van der Waals surface area contributed by atoms with E-state index in [0.717, 1.165) is 12.1 Å². The summed E-state index contributed by atoms with van der Waals surface area (Å²) in [6.45, 7) is 1.56. The second-order valence-electron chi connectivity index (χ2n) is 3.21. The Morgan fingerprint density at radius 2 is 2.06 bits per heavy atom. The molecule has 1 rings (SSSR count). The van der Waals surface area contributed by atoms with E-state index >= 15 is 0 Å². The summed E-state index contributed by atoms with van der Waals surface area (Å²) in [6.07, 6.45) is -2.63. The zero-order valence-corrected chi connectivity index (χ0v) is 10.3. The lowest BCUT2D eigenvalue weighted by Gasteiger charge is -2.11. The lowest BCUT2D eigenvalue weighted by Crippen LogP contribution is -2.03. The van der Waals surface area contributed by atoms with Crippen molar-refractivity contribution < 1.29 is 17.2 Å². The predicted molar refractivity (Wildman–Crippen MR) is 58.5 cm³/mol. The molecule has 1 aromatic rings. The molecule has 0 N–H and O–H groups in total. The number of nitriles is 1. The maximum Gasteiger partial charge on any atom is 0.264 e. The number of alkyl halides is 2. The average Bonchev–Trinajstić information content (AvgIpc) is 2.25. The van der Waals surface area contributed by atoms with Crippen LogP contribution in [0.25, 0.3) is 0 Å². The number of rotatable bonds is 3. The van der Waals surface area contributed by atoms with E-state index in [0.29, 0.717) is 0 Å². The highest BCUT2D eigenvalue weighted by Crippen LogP contribution is 2.31. The molecule has 0 aliphatic heterocycles. The number of hydrogen-bond acceptors (Lipinski definition) is 3. The van der Waals surface area contributed by atoms with Crippen LogP contribution in [0.15, 0.2) is 17.0 Å². The van der Waals surface area contributed by atoms with E-state index in [1.807, 2.05) is 0 Å². The Morgan fingerprint density at radius 3 is 2.41 bits per heavy atom. The summed E-state index contributed by atoms with van der Waals surface area (Å²) in [5, 5.41) is 8.88. The molecule has 0 aromatic heterocycles. The van der Waals surface area contributed by atoms with E-state index in [4.69, 9.17) is 15.9 Å². The molecule has 0 aliphatic rings. The Balaban J connectivity index is 3.68. The van der Waals surface area contributed by atoms with Crippen LogP contribution >= 0.6 is 10.7 Å². The molecule has 0 saturated carbocycles. The lowest BCUT2D eigenvalue weighted by atomic mass is 9.99. The van der Waals surface area contributed by atoms with E-state index in [-0.39, 0.29) is 23.1 Å². The summed E-state index contributed by atoms with van der Waals surface area (Å²) in [5.41, 5.74) is -0.627. The summed E-state index contributed by atoms with van der Waals surface area (Å²) in [7, 11) is 1.02.